The zero-order chi connectivity index (χ0) is 27.6. The van der Waals surface area contributed by atoms with Gasteiger partial charge in [0.2, 0.25) is 0 Å². The minimum Gasteiger partial charge on any atom is -0.446 e. The lowest BCUT2D eigenvalue weighted by Gasteiger charge is -2.40. The van der Waals surface area contributed by atoms with Crippen molar-refractivity contribution >= 4 is 12.1 Å². The lowest BCUT2D eigenvalue weighted by atomic mass is 9.77. The van der Waals surface area contributed by atoms with E-state index in [2.05, 4.69) is 10.2 Å². The summed E-state index contributed by atoms with van der Waals surface area (Å²) in [6.45, 7) is 1.24. The highest BCUT2D eigenvalue weighted by molar-refractivity contribution is 5.92. The molecule has 2 unspecified atom stereocenters. The third-order valence-electron chi connectivity index (χ3n) is 8.00. The van der Waals surface area contributed by atoms with E-state index in [9.17, 15) is 27.9 Å². The molecular weight excluding hydrogens is 511 g/mol. The molecule has 0 bridgehead atoms. The molecule has 2 aliphatic carbocycles. The normalized spacial score (nSPS) is 28.5. The molecule has 7 nitrogen and oxygen atoms in total. The number of benzene rings is 2. The van der Waals surface area contributed by atoms with Crippen LogP contribution in [0, 0.1) is 17.5 Å². The Labute approximate surface area is 225 Å². The van der Waals surface area contributed by atoms with Crippen molar-refractivity contribution in [3.05, 3.63) is 71.0 Å². The van der Waals surface area contributed by atoms with E-state index in [4.69, 9.17) is 4.74 Å². The first-order chi connectivity index (χ1) is 18.7. The molecule has 2 atom stereocenters. The van der Waals surface area contributed by atoms with E-state index in [0.717, 1.165) is 42.0 Å². The number of nitrogens with zero attached hydrogens (tertiary/aromatic N) is 2. The zero-order valence-electron chi connectivity index (χ0n) is 21.8. The van der Waals surface area contributed by atoms with Gasteiger partial charge in [-0.2, -0.15) is 0 Å². The van der Waals surface area contributed by atoms with Crippen molar-refractivity contribution < 1.29 is 32.6 Å². The van der Waals surface area contributed by atoms with Gasteiger partial charge in [0.15, 0.2) is 11.6 Å². The number of ether oxygens (including phenoxy) is 1. The van der Waals surface area contributed by atoms with Crippen LogP contribution in [-0.4, -0.2) is 58.8 Å². The van der Waals surface area contributed by atoms with Crippen molar-refractivity contribution in [2.75, 3.05) is 19.7 Å². The molecule has 4 fully saturated rings. The van der Waals surface area contributed by atoms with Gasteiger partial charge in [-0.3, -0.25) is 4.90 Å². The molecule has 0 radical (unpaired) electrons. The second-order valence-corrected chi connectivity index (χ2v) is 10.9. The Morgan fingerprint density at radius 2 is 1.67 bits per heavy atom. The van der Waals surface area contributed by atoms with Gasteiger partial charge < -0.3 is 15.2 Å². The molecule has 2 N–H and O–H groups in total. The third kappa shape index (κ3) is 6.38. The van der Waals surface area contributed by atoms with E-state index in [-0.39, 0.29) is 30.1 Å². The molecule has 2 aromatic carbocycles. The summed E-state index contributed by atoms with van der Waals surface area (Å²) in [5, 5.41) is 14.0. The molecular formula is C29H34F3N3O4. The van der Waals surface area contributed by atoms with Crippen molar-refractivity contribution in [1.82, 2.24) is 15.1 Å². The predicted octanol–water partition coefficient (Wildman–Crippen LogP) is 5.38. The fourth-order valence-electron chi connectivity index (χ4n) is 5.59. The summed E-state index contributed by atoms with van der Waals surface area (Å²) >= 11 is 0. The number of carbonyl (C=O) groups excluding carboxylic acids is 2. The van der Waals surface area contributed by atoms with Crippen molar-refractivity contribution in [2.45, 2.75) is 75.1 Å². The Balaban J connectivity index is 0.000000962. The minimum absolute atomic E-state index is 0.132. The number of hydrogen-bond donors (Lipinski definition) is 2. The topological polar surface area (TPSA) is 82.1 Å². The highest BCUT2D eigenvalue weighted by Gasteiger charge is 2.42. The highest BCUT2D eigenvalue weighted by Crippen LogP contribution is 2.39. The fourth-order valence-corrected chi connectivity index (χ4v) is 5.59. The van der Waals surface area contributed by atoms with Crippen molar-refractivity contribution in [3.63, 3.8) is 0 Å². The van der Waals surface area contributed by atoms with Gasteiger partial charge in [-0.1, -0.05) is 37.5 Å². The number of halogens is 3. The Bertz CT molecular complexity index is 1180. The van der Waals surface area contributed by atoms with Crippen LogP contribution in [0.4, 0.5) is 22.8 Å². The molecule has 3 amide bonds. The summed E-state index contributed by atoms with van der Waals surface area (Å²) in [6.07, 6.45) is 7.03. The Morgan fingerprint density at radius 3 is 2.31 bits per heavy atom. The lowest BCUT2D eigenvalue weighted by molar-refractivity contribution is -0.0223. The van der Waals surface area contributed by atoms with E-state index in [1.807, 2.05) is 0 Å². The molecule has 2 heterocycles. The molecule has 210 valence electrons. The van der Waals surface area contributed by atoms with Crippen LogP contribution < -0.4 is 5.32 Å². The van der Waals surface area contributed by atoms with Crippen LogP contribution in [0.3, 0.4) is 0 Å². The molecule has 39 heavy (non-hydrogen) atoms. The summed E-state index contributed by atoms with van der Waals surface area (Å²) in [4.78, 5) is 28.4. The van der Waals surface area contributed by atoms with E-state index >= 15 is 0 Å². The molecule has 0 aromatic heterocycles. The summed E-state index contributed by atoms with van der Waals surface area (Å²) in [6, 6.07) is 7.84. The molecule has 2 aliphatic heterocycles. The van der Waals surface area contributed by atoms with Gasteiger partial charge in [-0.25, -0.2) is 27.7 Å². The minimum atomic E-state index is -1.06. The van der Waals surface area contributed by atoms with Gasteiger partial charge in [0, 0.05) is 25.2 Å². The van der Waals surface area contributed by atoms with Gasteiger partial charge in [0.1, 0.15) is 18.5 Å². The van der Waals surface area contributed by atoms with Crippen molar-refractivity contribution in [2.24, 2.45) is 0 Å². The quantitative estimate of drug-likeness (QED) is 0.539. The van der Waals surface area contributed by atoms with E-state index in [1.165, 1.54) is 37.5 Å². The van der Waals surface area contributed by atoms with Crippen molar-refractivity contribution in [3.8, 4) is 0 Å². The standard InChI is InChI=1S/C26H28F3N3O4.C3H6/c27-18-4-2-17(3-5-18)26(35)10-7-20(8-11-26)31-12-9-19(14-31)30-24(33)32-23(15-36-25(32)34)16-1-6-21(28)22(29)13-16;1-2-3-1/h1-6,13,19-20,23,35H,7-12,14-15H2,(H,30,33);1-3H2. The Morgan fingerprint density at radius 1 is 0.974 bits per heavy atom. The Hall–Kier alpha value is -3.11. The number of rotatable bonds is 4. The Kier molecular flexibility index (Phi) is 8.13. The monoisotopic (exact) mass is 545 g/mol. The smallest absolute Gasteiger partial charge is 0.418 e. The summed E-state index contributed by atoms with van der Waals surface area (Å²) in [5.74, 6) is -2.40. The van der Waals surface area contributed by atoms with E-state index < -0.39 is 35.4 Å². The molecule has 2 aromatic rings. The van der Waals surface area contributed by atoms with Crippen LogP contribution in [0.15, 0.2) is 42.5 Å². The number of urea groups is 1. The molecule has 10 heteroatoms. The number of nitrogens with one attached hydrogen (secondary N) is 1. The fraction of sp³-hybridized carbons (Fsp3) is 0.517. The zero-order valence-corrected chi connectivity index (χ0v) is 21.8. The number of imide groups is 1. The van der Waals surface area contributed by atoms with Gasteiger partial charge in [0.25, 0.3) is 0 Å². The maximum absolute atomic E-state index is 13.7. The number of carbonyl (C=O) groups is 2. The van der Waals surface area contributed by atoms with Crippen LogP contribution in [0.2, 0.25) is 0 Å². The average molecular weight is 546 g/mol. The van der Waals surface area contributed by atoms with Gasteiger partial charge in [0.05, 0.1) is 5.60 Å². The molecule has 4 aliphatic rings. The summed E-state index contributed by atoms with van der Waals surface area (Å²) < 4.78 is 45.3. The molecule has 2 saturated carbocycles. The number of cyclic esters (lactones) is 1. The lowest BCUT2D eigenvalue weighted by Crippen LogP contribution is -2.48. The van der Waals surface area contributed by atoms with Gasteiger partial charge >= 0.3 is 12.1 Å². The largest absolute Gasteiger partial charge is 0.446 e. The summed E-state index contributed by atoms with van der Waals surface area (Å²) in [5.41, 5.74) is 0.0310. The van der Waals surface area contributed by atoms with Crippen LogP contribution in [0.1, 0.15) is 68.5 Å². The number of amides is 3. The third-order valence-corrected chi connectivity index (χ3v) is 8.00. The molecule has 6 rings (SSSR count). The summed E-state index contributed by atoms with van der Waals surface area (Å²) in [7, 11) is 0. The highest BCUT2D eigenvalue weighted by atomic mass is 19.2. The molecule has 0 spiro atoms. The maximum Gasteiger partial charge on any atom is 0.418 e. The van der Waals surface area contributed by atoms with Crippen molar-refractivity contribution in [1.29, 1.82) is 0 Å². The van der Waals surface area contributed by atoms with Crippen LogP contribution in [0.25, 0.3) is 0 Å². The van der Waals surface area contributed by atoms with E-state index in [0.29, 0.717) is 25.8 Å². The number of likely N-dealkylation sites (tertiary alicyclic amines) is 1. The van der Waals surface area contributed by atoms with Crippen LogP contribution >= 0.6 is 0 Å². The number of aliphatic hydroxyl groups is 1. The maximum atomic E-state index is 13.7. The second-order valence-electron chi connectivity index (χ2n) is 10.9. The molecule has 2 saturated heterocycles. The van der Waals surface area contributed by atoms with E-state index in [1.54, 1.807) is 12.1 Å². The second kappa shape index (κ2) is 11.6. The predicted molar refractivity (Wildman–Crippen MR) is 137 cm³/mol. The number of hydrogen-bond acceptors (Lipinski definition) is 5. The SMILES string of the molecule is C1CC1.O=C(NC1CCN(C2CCC(O)(c3ccc(F)cc3)CC2)C1)N1C(=O)OCC1c1ccc(F)c(F)c1. The first-order valence-electron chi connectivity index (χ1n) is 13.7. The van der Waals surface area contributed by atoms with Crippen LogP contribution in [0.5, 0.6) is 0 Å². The van der Waals surface area contributed by atoms with Gasteiger partial charge in [-0.05, 0) is 67.5 Å². The average Bonchev–Trinajstić information content (AvgIpc) is 3.66. The first kappa shape index (κ1) is 27.5. The first-order valence-corrected chi connectivity index (χ1v) is 13.7. The van der Waals surface area contributed by atoms with Gasteiger partial charge in [-0.15, -0.1) is 0 Å². The van der Waals surface area contributed by atoms with Crippen LogP contribution in [-0.2, 0) is 10.3 Å².